The maximum Gasteiger partial charge on any atom is 0.226 e. The average molecular weight is 263 g/mol. The molecule has 0 aromatic carbocycles. The number of hydrogen-bond donors (Lipinski definition) is 1. The lowest BCUT2D eigenvalue weighted by atomic mass is 9.83. The molecule has 0 bridgehead atoms. The zero-order chi connectivity index (χ0) is 13.7. The molecular weight excluding hydrogens is 238 g/mol. The molecule has 2 rings (SSSR count). The molecule has 1 fully saturated rings. The van der Waals surface area contributed by atoms with Crippen LogP contribution in [0.2, 0.25) is 0 Å². The minimum atomic E-state index is 0.514. The van der Waals surface area contributed by atoms with Crippen molar-refractivity contribution in [3.63, 3.8) is 0 Å². The van der Waals surface area contributed by atoms with Crippen molar-refractivity contribution >= 4 is 5.95 Å². The first kappa shape index (κ1) is 14.1. The summed E-state index contributed by atoms with van der Waals surface area (Å²) in [6.07, 6.45) is 7.79. The highest BCUT2D eigenvalue weighted by Gasteiger charge is 2.21. The standard InChI is InChI=1S/C15H25N3O/c1-4-5-12-6-8-13(9-7-12)17-15-16-11(2)10-14(18-15)19-3/h10,12-13H,4-9H2,1-3H3,(H,16,17,18). The van der Waals surface area contributed by atoms with E-state index in [0.29, 0.717) is 17.9 Å². The molecule has 0 atom stereocenters. The normalized spacial score (nSPS) is 23.1. The van der Waals surface area contributed by atoms with Crippen LogP contribution in [-0.4, -0.2) is 23.1 Å². The first-order chi connectivity index (χ1) is 9.21. The monoisotopic (exact) mass is 263 g/mol. The quantitative estimate of drug-likeness (QED) is 0.882. The molecule has 0 aliphatic heterocycles. The third-order valence-corrected chi connectivity index (χ3v) is 3.92. The number of hydrogen-bond acceptors (Lipinski definition) is 4. The fourth-order valence-corrected chi connectivity index (χ4v) is 2.90. The molecule has 1 aliphatic carbocycles. The Hall–Kier alpha value is -1.32. The second-order valence-corrected chi connectivity index (χ2v) is 5.53. The average Bonchev–Trinajstić information content (AvgIpc) is 2.40. The lowest BCUT2D eigenvalue weighted by Crippen LogP contribution is -2.27. The molecule has 4 nitrogen and oxygen atoms in total. The van der Waals surface area contributed by atoms with E-state index in [1.165, 1.54) is 38.5 Å². The van der Waals surface area contributed by atoms with E-state index in [0.717, 1.165) is 11.6 Å². The molecule has 0 spiro atoms. The van der Waals surface area contributed by atoms with Crippen LogP contribution >= 0.6 is 0 Å². The van der Waals surface area contributed by atoms with Gasteiger partial charge >= 0.3 is 0 Å². The molecule has 4 heteroatoms. The number of nitrogens with one attached hydrogen (secondary N) is 1. The van der Waals surface area contributed by atoms with Gasteiger partial charge in [-0.05, 0) is 38.5 Å². The number of rotatable bonds is 5. The molecule has 0 amide bonds. The van der Waals surface area contributed by atoms with Crippen LogP contribution in [0.5, 0.6) is 5.88 Å². The van der Waals surface area contributed by atoms with Crippen LogP contribution < -0.4 is 10.1 Å². The van der Waals surface area contributed by atoms with Gasteiger partial charge in [-0.15, -0.1) is 0 Å². The van der Waals surface area contributed by atoms with Gasteiger partial charge in [0.2, 0.25) is 11.8 Å². The molecule has 0 saturated heterocycles. The summed E-state index contributed by atoms with van der Waals surface area (Å²) in [6.45, 7) is 4.24. The predicted octanol–water partition coefficient (Wildman–Crippen LogP) is 3.56. The zero-order valence-corrected chi connectivity index (χ0v) is 12.3. The molecule has 1 aromatic rings. The van der Waals surface area contributed by atoms with E-state index in [2.05, 4.69) is 22.2 Å². The highest BCUT2D eigenvalue weighted by atomic mass is 16.5. The van der Waals surface area contributed by atoms with Gasteiger partial charge in [-0.3, -0.25) is 0 Å². The number of ether oxygens (including phenoxy) is 1. The van der Waals surface area contributed by atoms with Crippen LogP contribution in [0.3, 0.4) is 0 Å². The summed E-state index contributed by atoms with van der Waals surface area (Å²) in [5.74, 6) is 2.27. The van der Waals surface area contributed by atoms with E-state index in [-0.39, 0.29) is 0 Å². The second-order valence-electron chi connectivity index (χ2n) is 5.53. The maximum absolute atomic E-state index is 5.18. The van der Waals surface area contributed by atoms with Crippen LogP contribution in [0.25, 0.3) is 0 Å². The molecule has 0 unspecified atom stereocenters. The van der Waals surface area contributed by atoms with Crippen LogP contribution in [0.1, 0.15) is 51.1 Å². The molecule has 1 aliphatic rings. The van der Waals surface area contributed by atoms with Crippen molar-refractivity contribution in [2.24, 2.45) is 5.92 Å². The van der Waals surface area contributed by atoms with Crippen LogP contribution in [0.4, 0.5) is 5.95 Å². The second kappa shape index (κ2) is 6.73. The van der Waals surface area contributed by atoms with Gasteiger partial charge in [-0.2, -0.15) is 4.98 Å². The Morgan fingerprint density at radius 3 is 2.63 bits per heavy atom. The lowest BCUT2D eigenvalue weighted by Gasteiger charge is -2.29. The van der Waals surface area contributed by atoms with Gasteiger partial charge in [0.25, 0.3) is 0 Å². The Morgan fingerprint density at radius 2 is 2.00 bits per heavy atom. The van der Waals surface area contributed by atoms with Gasteiger partial charge < -0.3 is 10.1 Å². The van der Waals surface area contributed by atoms with Gasteiger partial charge in [0, 0.05) is 17.8 Å². The first-order valence-corrected chi connectivity index (χ1v) is 7.37. The number of aromatic nitrogens is 2. The van der Waals surface area contributed by atoms with Crippen molar-refractivity contribution in [3.05, 3.63) is 11.8 Å². The fraction of sp³-hybridized carbons (Fsp3) is 0.733. The van der Waals surface area contributed by atoms with E-state index in [4.69, 9.17) is 4.74 Å². The molecule has 1 aromatic heterocycles. The van der Waals surface area contributed by atoms with Crippen LogP contribution in [-0.2, 0) is 0 Å². The highest BCUT2D eigenvalue weighted by Crippen LogP contribution is 2.29. The highest BCUT2D eigenvalue weighted by molar-refractivity contribution is 5.31. The SMILES string of the molecule is CCCC1CCC(Nc2nc(C)cc(OC)n2)CC1. The fourth-order valence-electron chi connectivity index (χ4n) is 2.90. The van der Waals surface area contributed by atoms with Gasteiger partial charge in [0.15, 0.2) is 0 Å². The Labute approximate surface area is 116 Å². The van der Waals surface area contributed by atoms with E-state index >= 15 is 0 Å². The Kier molecular flexibility index (Phi) is 5.00. The number of anilines is 1. The third-order valence-electron chi connectivity index (χ3n) is 3.92. The summed E-state index contributed by atoms with van der Waals surface area (Å²) in [4.78, 5) is 8.79. The number of nitrogens with zero attached hydrogens (tertiary/aromatic N) is 2. The minimum Gasteiger partial charge on any atom is -0.481 e. The smallest absolute Gasteiger partial charge is 0.226 e. The van der Waals surface area contributed by atoms with Crippen molar-refractivity contribution in [2.75, 3.05) is 12.4 Å². The Bertz CT molecular complexity index is 400. The molecular formula is C15H25N3O. The zero-order valence-electron chi connectivity index (χ0n) is 12.3. The molecule has 1 N–H and O–H groups in total. The number of methoxy groups -OCH3 is 1. The summed E-state index contributed by atoms with van der Waals surface area (Å²) in [5, 5.41) is 3.46. The predicted molar refractivity (Wildman–Crippen MR) is 77.6 cm³/mol. The van der Waals surface area contributed by atoms with Crippen molar-refractivity contribution < 1.29 is 4.74 Å². The summed E-state index contributed by atoms with van der Waals surface area (Å²) < 4.78 is 5.18. The summed E-state index contributed by atoms with van der Waals surface area (Å²) in [5.41, 5.74) is 0.939. The van der Waals surface area contributed by atoms with Crippen LogP contribution in [0.15, 0.2) is 6.07 Å². The van der Waals surface area contributed by atoms with E-state index in [1.807, 2.05) is 13.0 Å². The third kappa shape index (κ3) is 4.08. The van der Waals surface area contributed by atoms with Crippen molar-refractivity contribution in [3.8, 4) is 5.88 Å². The van der Waals surface area contributed by atoms with Crippen molar-refractivity contribution in [2.45, 2.75) is 58.4 Å². The van der Waals surface area contributed by atoms with Gasteiger partial charge in [0.1, 0.15) is 0 Å². The maximum atomic E-state index is 5.18. The van der Waals surface area contributed by atoms with Gasteiger partial charge in [-0.1, -0.05) is 19.8 Å². The summed E-state index contributed by atoms with van der Waals surface area (Å²) >= 11 is 0. The largest absolute Gasteiger partial charge is 0.481 e. The molecule has 106 valence electrons. The molecule has 0 radical (unpaired) electrons. The Morgan fingerprint density at radius 1 is 1.26 bits per heavy atom. The minimum absolute atomic E-state index is 0.514. The van der Waals surface area contributed by atoms with Gasteiger partial charge in [-0.25, -0.2) is 4.98 Å². The van der Waals surface area contributed by atoms with E-state index in [1.54, 1.807) is 7.11 Å². The molecule has 1 heterocycles. The Balaban J connectivity index is 1.90. The van der Waals surface area contributed by atoms with Crippen molar-refractivity contribution in [1.29, 1.82) is 0 Å². The summed E-state index contributed by atoms with van der Waals surface area (Å²) in [7, 11) is 1.64. The first-order valence-electron chi connectivity index (χ1n) is 7.37. The topological polar surface area (TPSA) is 47.0 Å². The van der Waals surface area contributed by atoms with Gasteiger partial charge in [0.05, 0.1) is 7.11 Å². The number of aryl methyl sites for hydroxylation is 1. The van der Waals surface area contributed by atoms with E-state index < -0.39 is 0 Å². The lowest BCUT2D eigenvalue weighted by molar-refractivity contribution is 0.318. The summed E-state index contributed by atoms with van der Waals surface area (Å²) in [6, 6.07) is 2.36. The molecule has 1 saturated carbocycles. The molecule has 19 heavy (non-hydrogen) atoms. The van der Waals surface area contributed by atoms with E-state index in [9.17, 15) is 0 Å². The van der Waals surface area contributed by atoms with Crippen LogP contribution in [0, 0.1) is 12.8 Å². The van der Waals surface area contributed by atoms with Crippen molar-refractivity contribution in [1.82, 2.24) is 9.97 Å².